The minimum atomic E-state index is -0.520. The van der Waals surface area contributed by atoms with Crippen molar-refractivity contribution in [2.75, 3.05) is 6.61 Å². The zero-order valence-corrected chi connectivity index (χ0v) is 16.9. The normalized spacial score (nSPS) is 11.6. The second-order valence-corrected chi connectivity index (χ2v) is 6.95. The van der Waals surface area contributed by atoms with Crippen LogP contribution >= 0.6 is 0 Å². The first-order valence-electron chi connectivity index (χ1n) is 9.76. The number of hydrogen-bond donors (Lipinski definition) is 1. The Balaban J connectivity index is 2.00. The summed E-state index contributed by atoms with van der Waals surface area (Å²) in [6, 6.07) is 22.6. The van der Waals surface area contributed by atoms with Crippen molar-refractivity contribution in [3.05, 3.63) is 89.3 Å². The molecule has 0 saturated carbocycles. The van der Waals surface area contributed by atoms with Crippen LogP contribution in [0.15, 0.2) is 82.2 Å². The summed E-state index contributed by atoms with van der Waals surface area (Å²) >= 11 is 0. The Morgan fingerprint density at radius 3 is 2.53 bits per heavy atom. The monoisotopic (exact) mass is 398 g/mol. The highest BCUT2D eigenvalue weighted by atomic mass is 16.5. The average Bonchev–Trinajstić information content (AvgIpc) is 2.75. The van der Waals surface area contributed by atoms with Gasteiger partial charge in [-0.1, -0.05) is 42.0 Å². The van der Waals surface area contributed by atoms with E-state index in [4.69, 9.17) is 19.9 Å². The van der Waals surface area contributed by atoms with Crippen molar-refractivity contribution in [3.8, 4) is 17.1 Å². The largest absolute Gasteiger partial charge is 0.494 e. The minimum absolute atomic E-state index is 0.365. The molecule has 30 heavy (non-hydrogen) atoms. The van der Waals surface area contributed by atoms with Crippen molar-refractivity contribution in [2.24, 2.45) is 10.7 Å². The Labute approximate surface area is 174 Å². The molecule has 4 aromatic rings. The maximum atomic E-state index is 11.9. The number of benzene rings is 3. The number of fused-ring (bicyclic) bond motifs is 1. The van der Waals surface area contributed by atoms with Crippen molar-refractivity contribution in [3.63, 3.8) is 0 Å². The van der Waals surface area contributed by atoms with Crippen molar-refractivity contribution in [1.29, 1.82) is 0 Å². The molecule has 0 bridgehead atoms. The number of amides is 1. The lowest BCUT2D eigenvalue weighted by molar-refractivity contribution is 0.100. The molecule has 5 heteroatoms. The highest BCUT2D eigenvalue weighted by Gasteiger charge is 2.10. The molecule has 0 aliphatic carbocycles. The first-order chi connectivity index (χ1) is 14.5. The average molecular weight is 398 g/mol. The number of hydrogen-bond acceptors (Lipinski definition) is 4. The number of carbonyl (C=O) groups excluding carboxylic acids is 1. The number of primary amides is 1. The van der Waals surface area contributed by atoms with E-state index < -0.39 is 5.91 Å². The number of nitrogens with zero attached hydrogens (tertiary/aromatic N) is 1. The maximum Gasteiger partial charge on any atom is 0.250 e. The Bertz CT molecular complexity index is 1290. The molecular formula is C25H22N2O3. The zero-order chi connectivity index (χ0) is 21.1. The summed E-state index contributed by atoms with van der Waals surface area (Å²) in [6.45, 7) is 4.53. The lowest BCUT2D eigenvalue weighted by Gasteiger charge is -2.08. The van der Waals surface area contributed by atoms with E-state index in [1.165, 1.54) is 5.56 Å². The molecular weight excluding hydrogens is 376 g/mol. The molecule has 5 nitrogen and oxygen atoms in total. The summed E-state index contributed by atoms with van der Waals surface area (Å²) in [4.78, 5) is 16.6. The molecule has 0 aliphatic rings. The van der Waals surface area contributed by atoms with Gasteiger partial charge < -0.3 is 14.9 Å². The minimum Gasteiger partial charge on any atom is -0.494 e. The van der Waals surface area contributed by atoms with Gasteiger partial charge in [0.2, 0.25) is 0 Å². The smallest absolute Gasteiger partial charge is 0.250 e. The molecule has 3 aromatic carbocycles. The van der Waals surface area contributed by atoms with Crippen LogP contribution in [0.1, 0.15) is 22.8 Å². The van der Waals surface area contributed by atoms with Crippen molar-refractivity contribution < 1.29 is 13.9 Å². The van der Waals surface area contributed by atoms with E-state index in [-0.39, 0.29) is 0 Å². The molecule has 0 fully saturated rings. The van der Waals surface area contributed by atoms with E-state index in [0.717, 1.165) is 16.7 Å². The number of rotatable bonds is 5. The van der Waals surface area contributed by atoms with Gasteiger partial charge in [0.1, 0.15) is 17.1 Å². The summed E-state index contributed by atoms with van der Waals surface area (Å²) in [5.41, 5.74) is 9.20. The molecule has 0 saturated heterocycles. The lowest BCUT2D eigenvalue weighted by Crippen LogP contribution is -2.12. The zero-order valence-electron chi connectivity index (χ0n) is 16.9. The van der Waals surface area contributed by atoms with E-state index in [0.29, 0.717) is 34.6 Å². The Hall–Kier alpha value is -3.86. The highest BCUT2D eigenvalue weighted by molar-refractivity contribution is 5.97. The van der Waals surface area contributed by atoms with Crippen molar-refractivity contribution >= 4 is 22.6 Å². The number of nitrogens with two attached hydrogens (primary N) is 1. The fourth-order valence-corrected chi connectivity index (χ4v) is 3.27. The van der Waals surface area contributed by atoms with Gasteiger partial charge in [-0.2, -0.15) is 0 Å². The molecule has 0 spiro atoms. The maximum absolute atomic E-state index is 11.9. The number of carbonyl (C=O) groups is 1. The Morgan fingerprint density at radius 1 is 1.03 bits per heavy atom. The third-order valence-electron chi connectivity index (χ3n) is 4.77. The van der Waals surface area contributed by atoms with Crippen LogP contribution in [0, 0.1) is 6.92 Å². The number of aryl methyl sites for hydroxylation is 1. The number of para-hydroxylation sites is 1. The molecule has 4 rings (SSSR count). The third kappa shape index (κ3) is 3.96. The van der Waals surface area contributed by atoms with Crippen LogP contribution in [0.5, 0.6) is 5.75 Å². The van der Waals surface area contributed by atoms with Gasteiger partial charge in [0.15, 0.2) is 0 Å². The van der Waals surface area contributed by atoms with Gasteiger partial charge in [-0.05, 0) is 44.2 Å². The molecule has 0 radical (unpaired) electrons. The van der Waals surface area contributed by atoms with Gasteiger partial charge in [0, 0.05) is 17.0 Å². The molecule has 1 amide bonds. The predicted molar refractivity (Wildman–Crippen MR) is 118 cm³/mol. The lowest BCUT2D eigenvalue weighted by atomic mass is 10.1. The molecule has 1 heterocycles. The molecule has 0 atom stereocenters. The third-order valence-corrected chi connectivity index (χ3v) is 4.77. The van der Waals surface area contributed by atoms with Gasteiger partial charge in [-0.25, -0.2) is 4.99 Å². The number of ether oxygens (including phenoxy) is 1. The topological polar surface area (TPSA) is 77.8 Å². The van der Waals surface area contributed by atoms with Crippen LogP contribution in [0.2, 0.25) is 0 Å². The van der Waals surface area contributed by atoms with E-state index in [1.807, 2.05) is 68.4 Å². The van der Waals surface area contributed by atoms with Gasteiger partial charge in [-0.15, -0.1) is 0 Å². The fourth-order valence-electron chi connectivity index (χ4n) is 3.27. The standard InChI is InChI=1S/C25H22N2O3/c1-3-29-18-12-13-23-20(14-18)22(27-21-7-5-4-6-19(21)25(26)28)15-24(30-23)17-10-8-16(2)9-11-17/h4-15H,3H2,1-2H3,(H2,26,28). The summed E-state index contributed by atoms with van der Waals surface area (Å²) in [5, 5.41) is 1.46. The van der Waals surface area contributed by atoms with Crippen LogP contribution in [0.25, 0.3) is 22.3 Å². The summed E-state index contributed by atoms with van der Waals surface area (Å²) in [6.07, 6.45) is 0. The fraction of sp³-hybridized carbons (Fsp3) is 0.120. The highest BCUT2D eigenvalue weighted by Crippen LogP contribution is 2.26. The Kier molecular flexibility index (Phi) is 5.35. The predicted octanol–water partition coefficient (Wildman–Crippen LogP) is 5.14. The second kappa shape index (κ2) is 8.25. The van der Waals surface area contributed by atoms with Crippen LogP contribution in [0.3, 0.4) is 0 Å². The second-order valence-electron chi connectivity index (χ2n) is 6.95. The van der Waals surface area contributed by atoms with Crippen LogP contribution in [-0.2, 0) is 0 Å². The molecule has 0 aliphatic heterocycles. The van der Waals surface area contributed by atoms with Crippen molar-refractivity contribution in [2.45, 2.75) is 13.8 Å². The van der Waals surface area contributed by atoms with E-state index in [2.05, 4.69) is 0 Å². The summed E-state index contributed by atoms with van der Waals surface area (Å²) in [5.74, 6) is 0.887. The molecule has 1 aromatic heterocycles. The van der Waals surface area contributed by atoms with Gasteiger partial charge in [0.25, 0.3) is 5.91 Å². The van der Waals surface area contributed by atoms with Gasteiger partial charge in [0.05, 0.1) is 23.2 Å². The van der Waals surface area contributed by atoms with Crippen LogP contribution < -0.4 is 15.8 Å². The van der Waals surface area contributed by atoms with Crippen LogP contribution in [-0.4, -0.2) is 12.5 Å². The first-order valence-corrected chi connectivity index (χ1v) is 9.76. The van der Waals surface area contributed by atoms with E-state index in [1.54, 1.807) is 18.2 Å². The van der Waals surface area contributed by atoms with Gasteiger partial charge in [-0.3, -0.25) is 4.79 Å². The molecule has 2 N–H and O–H groups in total. The van der Waals surface area contributed by atoms with Gasteiger partial charge >= 0.3 is 0 Å². The Morgan fingerprint density at radius 2 is 1.80 bits per heavy atom. The van der Waals surface area contributed by atoms with Crippen molar-refractivity contribution in [1.82, 2.24) is 0 Å². The SMILES string of the molecule is CCOc1ccc2oc(-c3ccc(C)cc3)cc(=Nc3ccccc3C(N)=O)c2c1. The summed E-state index contributed by atoms with van der Waals surface area (Å²) in [7, 11) is 0. The molecule has 150 valence electrons. The quantitative estimate of drug-likeness (QED) is 0.506. The first kappa shape index (κ1) is 19.5. The van der Waals surface area contributed by atoms with E-state index >= 15 is 0 Å². The summed E-state index contributed by atoms with van der Waals surface area (Å²) < 4.78 is 11.8. The molecule has 0 unspecified atom stereocenters. The van der Waals surface area contributed by atoms with Crippen LogP contribution in [0.4, 0.5) is 5.69 Å². The van der Waals surface area contributed by atoms with E-state index in [9.17, 15) is 4.79 Å².